The van der Waals surface area contributed by atoms with E-state index >= 15 is 0 Å². The molecule has 0 amide bonds. The van der Waals surface area contributed by atoms with Gasteiger partial charge in [-0.05, 0) is 60.4 Å². The van der Waals surface area contributed by atoms with Gasteiger partial charge in [0.15, 0.2) is 0 Å². The summed E-state index contributed by atoms with van der Waals surface area (Å²) in [6, 6.07) is 14.5. The second-order valence-electron chi connectivity index (χ2n) is 7.40. The Kier molecular flexibility index (Phi) is 10.0. The van der Waals surface area contributed by atoms with Crippen molar-refractivity contribution in [2.75, 3.05) is 7.11 Å². The summed E-state index contributed by atoms with van der Waals surface area (Å²) in [5, 5.41) is 19.0. The van der Waals surface area contributed by atoms with Crippen LogP contribution in [0.3, 0.4) is 0 Å². The van der Waals surface area contributed by atoms with Gasteiger partial charge in [-0.3, -0.25) is 0 Å². The molecule has 2 rings (SSSR count). The number of aliphatic carboxylic acids is 2. The number of benzene rings is 2. The van der Waals surface area contributed by atoms with Crippen LogP contribution in [0.2, 0.25) is 0 Å². The Balaban J connectivity index is 2.07. The Morgan fingerprint density at radius 1 is 0.875 bits per heavy atom. The molecule has 0 unspecified atom stereocenters. The predicted molar refractivity (Wildman–Crippen MR) is 124 cm³/mol. The van der Waals surface area contributed by atoms with Gasteiger partial charge in [0.2, 0.25) is 0 Å². The van der Waals surface area contributed by atoms with E-state index in [1.54, 1.807) is 31.4 Å². The Bertz CT molecular complexity index is 939. The van der Waals surface area contributed by atoms with Crippen molar-refractivity contribution in [1.82, 2.24) is 0 Å². The fourth-order valence-corrected chi connectivity index (χ4v) is 3.06. The summed E-state index contributed by atoms with van der Waals surface area (Å²) in [5.74, 6) is -0.833. The Morgan fingerprint density at radius 3 is 2.09 bits per heavy atom. The maximum Gasteiger partial charge on any atom is 0.335 e. The van der Waals surface area contributed by atoms with Gasteiger partial charge in [0.1, 0.15) is 18.1 Å². The lowest BCUT2D eigenvalue weighted by Gasteiger charge is -2.08. The highest BCUT2D eigenvalue weighted by Crippen LogP contribution is 2.19. The van der Waals surface area contributed by atoms with Crippen molar-refractivity contribution in [2.24, 2.45) is 0 Å². The van der Waals surface area contributed by atoms with Gasteiger partial charge in [-0.25, -0.2) is 9.59 Å². The molecule has 0 aromatic heterocycles. The average Bonchev–Trinajstić information content (AvgIpc) is 2.79. The summed E-state index contributed by atoms with van der Waals surface area (Å²) in [7, 11) is 1.61. The standard InChI is InChI=1S/C26H30O6/c1-3-4-5-6-7-21(25(27)28)17-22(26(29)30)16-19-8-14-24(15-9-19)32-18-20-10-12-23(31-2)13-11-20/h8-17H,3-7,18H2,1-2H3,(H,27,28)(H,29,30). The molecule has 32 heavy (non-hydrogen) atoms. The van der Waals surface area contributed by atoms with Crippen molar-refractivity contribution < 1.29 is 29.3 Å². The maximum absolute atomic E-state index is 11.7. The summed E-state index contributed by atoms with van der Waals surface area (Å²) in [6.07, 6.45) is 6.78. The van der Waals surface area contributed by atoms with Crippen LogP contribution in [0.4, 0.5) is 0 Å². The number of hydrogen-bond donors (Lipinski definition) is 2. The van der Waals surface area contributed by atoms with E-state index in [0.717, 1.165) is 37.0 Å². The normalized spacial score (nSPS) is 11.8. The topological polar surface area (TPSA) is 93.1 Å². The molecule has 170 valence electrons. The molecule has 6 nitrogen and oxygen atoms in total. The van der Waals surface area contributed by atoms with E-state index in [9.17, 15) is 19.8 Å². The molecule has 0 fully saturated rings. The van der Waals surface area contributed by atoms with Gasteiger partial charge in [0.25, 0.3) is 0 Å². The van der Waals surface area contributed by atoms with E-state index < -0.39 is 11.9 Å². The average molecular weight is 439 g/mol. The molecule has 0 spiro atoms. The first-order chi connectivity index (χ1) is 15.4. The monoisotopic (exact) mass is 438 g/mol. The molecular weight excluding hydrogens is 408 g/mol. The lowest BCUT2D eigenvalue weighted by Crippen LogP contribution is -2.05. The van der Waals surface area contributed by atoms with Crippen molar-refractivity contribution >= 4 is 18.0 Å². The number of ether oxygens (including phenoxy) is 2. The quantitative estimate of drug-likeness (QED) is 0.236. The van der Waals surface area contributed by atoms with Gasteiger partial charge in [-0.2, -0.15) is 0 Å². The van der Waals surface area contributed by atoms with Crippen LogP contribution in [0, 0.1) is 0 Å². The van der Waals surface area contributed by atoms with Crippen LogP contribution < -0.4 is 9.47 Å². The highest BCUT2D eigenvalue weighted by molar-refractivity contribution is 5.98. The molecule has 0 aliphatic heterocycles. The van der Waals surface area contributed by atoms with Crippen LogP contribution >= 0.6 is 0 Å². The number of rotatable bonds is 13. The predicted octanol–water partition coefficient (Wildman–Crippen LogP) is 5.72. The number of hydrogen-bond acceptors (Lipinski definition) is 4. The molecule has 6 heteroatoms. The largest absolute Gasteiger partial charge is 0.497 e. The van der Waals surface area contributed by atoms with Crippen molar-refractivity contribution in [1.29, 1.82) is 0 Å². The van der Waals surface area contributed by atoms with Gasteiger partial charge in [0, 0.05) is 5.57 Å². The van der Waals surface area contributed by atoms with Gasteiger partial charge in [-0.1, -0.05) is 50.5 Å². The van der Waals surface area contributed by atoms with Gasteiger partial charge < -0.3 is 19.7 Å². The van der Waals surface area contributed by atoms with Crippen LogP contribution in [0.15, 0.2) is 65.8 Å². The third kappa shape index (κ3) is 8.30. The summed E-state index contributed by atoms with van der Waals surface area (Å²) >= 11 is 0. The molecule has 0 saturated carbocycles. The molecule has 0 heterocycles. The molecule has 0 saturated heterocycles. The van der Waals surface area contributed by atoms with E-state index in [2.05, 4.69) is 6.92 Å². The van der Waals surface area contributed by atoms with Crippen LogP contribution in [-0.4, -0.2) is 29.3 Å². The lowest BCUT2D eigenvalue weighted by molar-refractivity contribution is -0.133. The first-order valence-corrected chi connectivity index (χ1v) is 10.7. The smallest absolute Gasteiger partial charge is 0.335 e. The maximum atomic E-state index is 11.7. The summed E-state index contributed by atoms with van der Waals surface area (Å²) in [6.45, 7) is 2.47. The zero-order valence-corrected chi connectivity index (χ0v) is 18.5. The van der Waals surface area contributed by atoms with E-state index in [1.807, 2.05) is 24.3 Å². The minimum Gasteiger partial charge on any atom is -0.497 e. The molecule has 0 bridgehead atoms. The second-order valence-corrected chi connectivity index (χ2v) is 7.40. The third-order valence-corrected chi connectivity index (χ3v) is 4.92. The number of methoxy groups -OCH3 is 1. The molecule has 0 aliphatic carbocycles. The van der Waals surface area contributed by atoms with Crippen molar-refractivity contribution in [3.63, 3.8) is 0 Å². The molecule has 2 N–H and O–H groups in total. The molecule has 0 aliphatic rings. The highest BCUT2D eigenvalue weighted by Gasteiger charge is 2.12. The van der Waals surface area contributed by atoms with Gasteiger partial charge in [-0.15, -0.1) is 0 Å². The van der Waals surface area contributed by atoms with Gasteiger partial charge in [0.05, 0.1) is 12.7 Å². The SMILES string of the molecule is CCCCCCC(=CC(=Cc1ccc(OCc2ccc(OC)cc2)cc1)C(=O)O)C(=O)O. The van der Waals surface area contributed by atoms with Crippen molar-refractivity contribution in [3.05, 3.63) is 76.9 Å². The second kappa shape index (κ2) is 13.0. The molecule has 2 aromatic rings. The van der Waals surface area contributed by atoms with E-state index in [1.165, 1.54) is 12.2 Å². The number of carbonyl (C=O) groups is 2. The van der Waals surface area contributed by atoms with Gasteiger partial charge >= 0.3 is 11.9 Å². The fraction of sp³-hybridized carbons (Fsp3) is 0.308. The number of unbranched alkanes of at least 4 members (excludes halogenated alkanes) is 3. The molecular formula is C26H30O6. The summed E-state index contributed by atoms with van der Waals surface area (Å²) < 4.78 is 10.9. The zero-order valence-electron chi connectivity index (χ0n) is 18.5. The molecule has 0 atom stereocenters. The first kappa shape index (κ1) is 24.7. The first-order valence-electron chi connectivity index (χ1n) is 10.7. The summed E-state index contributed by atoms with van der Waals surface area (Å²) in [5.41, 5.74) is 1.68. The van der Waals surface area contributed by atoms with Crippen molar-refractivity contribution in [3.8, 4) is 11.5 Å². The Labute approximate surface area is 188 Å². The van der Waals surface area contributed by atoms with Crippen LogP contribution in [0.1, 0.15) is 50.2 Å². The van der Waals surface area contributed by atoms with E-state index in [0.29, 0.717) is 24.3 Å². The molecule has 0 radical (unpaired) electrons. The van der Waals surface area contributed by atoms with Crippen LogP contribution in [-0.2, 0) is 16.2 Å². The fourth-order valence-electron chi connectivity index (χ4n) is 3.06. The number of carboxylic acids is 2. The Morgan fingerprint density at radius 2 is 1.53 bits per heavy atom. The number of carboxylic acid groups (broad SMARTS) is 2. The zero-order chi connectivity index (χ0) is 23.3. The minimum absolute atomic E-state index is 0.0650. The summed E-state index contributed by atoms with van der Waals surface area (Å²) in [4.78, 5) is 23.2. The molecule has 2 aromatic carbocycles. The lowest BCUT2D eigenvalue weighted by atomic mass is 10.0. The van der Waals surface area contributed by atoms with Crippen molar-refractivity contribution in [2.45, 2.75) is 45.6 Å². The third-order valence-electron chi connectivity index (χ3n) is 4.92. The Hall–Kier alpha value is -3.54. The van der Waals surface area contributed by atoms with E-state index in [-0.39, 0.29) is 11.1 Å². The van der Waals surface area contributed by atoms with E-state index in [4.69, 9.17) is 9.47 Å². The van der Waals surface area contributed by atoms with Crippen LogP contribution in [0.5, 0.6) is 11.5 Å². The van der Waals surface area contributed by atoms with Crippen LogP contribution in [0.25, 0.3) is 6.08 Å². The minimum atomic E-state index is -1.17. The highest BCUT2D eigenvalue weighted by atomic mass is 16.5.